The van der Waals surface area contributed by atoms with Gasteiger partial charge in [-0.05, 0) is 58.8 Å². The van der Waals surface area contributed by atoms with Gasteiger partial charge in [0, 0.05) is 0 Å². The number of hydrogen-bond acceptors (Lipinski definition) is 6. The van der Waals surface area contributed by atoms with E-state index in [1.165, 1.54) is 0 Å². The molecule has 22 heavy (non-hydrogen) atoms. The maximum absolute atomic E-state index is 10.7. The van der Waals surface area contributed by atoms with Gasteiger partial charge in [-0.1, -0.05) is 0 Å². The number of fused-ring (bicyclic) bond motifs is 1. The Morgan fingerprint density at radius 3 is 2.09 bits per heavy atom. The Bertz CT molecular complexity index is 395. The van der Waals surface area contributed by atoms with E-state index in [1.807, 2.05) is 13.8 Å². The molecule has 2 rings (SSSR count). The van der Waals surface area contributed by atoms with Crippen LogP contribution in [-0.2, 0) is 13.9 Å². The first-order valence-corrected chi connectivity index (χ1v) is 13.7. The fourth-order valence-corrected chi connectivity index (χ4v) is 6.45. The molecule has 130 valence electrons. The van der Waals surface area contributed by atoms with Gasteiger partial charge in [0.25, 0.3) is 0 Å². The number of rotatable bonds is 4. The molecule has 0 amide bonds. The number of thioether (sulfide) groups is 2. The third-order valence-electron chi connectivity index (χ3n) is 4.19. The molecule has 0 unspecified atom stereocenters. The van der Waals surface area contributed by atoms with E-state index in [1.54, 1.807) is 23.5 Å². The van der Waals surface area contributed by atoms with Crippen LogP contribution in [0, 0.1) is 0 Å². The number of hydrogen-bond donors (Lipinski definition) is 1. The van der Waals surface area contributed by atoms with Crippen molar-refractivity contribution in [1.29, 1.82) is 0 Å². The van der Waals surface area contributed by atoms with Crippen molar-refractivity contribution in [3.63, 3.8) is 0 Å². The molecular weight excluding hydrogens is 336 g/mol. The number of aliphatic hydroxyl groups is 1. The Kier molecular flexibility index (Phi) is 5.70. The second-order valence-corrected chi connectivity index (χ2v) is 14.7. The topological polar surface area (TPSA) is 47.9 Å². The lowest BCUT2D eigenvalue weighted by Gasteiger charge is -2.36. The number of aliphatic hydroxyl groups excluding tert-OH is 1. The molecule has 1 aliphatic carbocycles. The molecular formula is C15H30O4S2Si. The van der Waals surface area contributed by atoms with E-state index in [0.29, 0.717) is 6.42 Å². The van der Waals surface area contributed by atoms with E-state index >= 15 is 0 Å². The average Bonchev–Trinajstić information content (AvgIpc) is 2.67. The molecule has 0 spiro atoms. The van der Waals surface area contributed by atoms with E-state index in [2.05, 4.69) is 32.2 Å². The van der Waals surface area contributed by atoms with Crippen LogP contribution in [0.15, 0.2) is 0 Å². The van der Waals surface area contributed by atoms with E-state index in [4.69, 9.17) is 13.9 Å². The third-order valence-corrected chi connectivity index (χ3v) is 8.36. The van der Waals surface area contributed by atoms with Crippen LogP contribution in [-0.4, -0.2) is 60.2 Å². The zero-order chi connectivity index (χ0) is 16.8. The summed E-state index contributed by atoms with van der Waals surface area (Å²) < 4.78 is 18.6. The first kappa shape index (κ1) is 19.1. The zero-order valence-electron chi connectivity index (χ0n) is 14.7. The molecule has 0 aromatic heterocycles. The van der Waals surface area contributed by atoms with Gasteiger partial charge in [-0.3, -0.25) is 0 Å². The molecule has 1 aliphatic heterocycles. The largest absolute Gasteiger partial charge is 0.412 e. The predicted octanol–water partition coefficient (Wildman–Crippen LogP) is 3.30. The highest BCUT2D eigenvalue weighted by molar-refractivity contribution is 8.17. The maximum Gasteiger partial charge on any atom is 0.184 e. The fourth-order valence-electron chi connectivity index (χ4n) is 3.32. The van der Waals surface area contributed by atoms with E-state index in [-0.39, 0.29) is 22.4 Å². The van der Waals surface area contributed by atoms with Crippen molar-refractivity contribution in [2.24, 2.45) is 0 Å². The molecule has 4 atom stereocenters. The highest BCUT2D eigenvalue weighted by Crippen LogP contribution is 2.49. The van der Waals surface area contributed by atoms with Crippen LogP contribution in [0.25, 0.3) is 0 Å². The van der Waals surface area contributed by atoms with Gasteiger partial charge < -0.3 is 19.0 Å². The Hall–Kier alpha value is 0.757. The molecule has 4 nitrogen and oxygen atoms in total. The minimum Gasteiger partial charge on any atom is -0.412 e. The summed E-state index contributed by atoms with van der Waals surface area (Å²) in [6.45, 7) is 10.4. The van der Waals surface area contributed by atoms with E-state index in [9.17, 15) is 5.11 Å². The third kappa shape index (κ3) is 4.23. The fraction of sp³-hybridized carbons (Fsp3) is 1.00. The first-order valence-electron chi connectivity index (χ1n) is 7.83. The average molecular weight is 367 g/mol. The minimum atomic E-state index is -1.72. The van der Waals surface area contributed by atoms with Gasteiger partial charge in [0.15, 0.2) is 14.1 Å². The molecule has 1 saturated heterocycles. The zero-order valence-corrected chi connectivity index (χ0v) is 17.3. The van der Waals surface area contributed by atoms with Crippen molar-refractivity contribution >= 4 is 31.8 Å². The Labute approximate surface area is 144 Å². The number of ether oxygens (including phenoxy) is 2. The van der Waals surface area contributed by atoms with Crippen molar-refractivity contribution < 1.29 is 19.0 Å². The van der Waals surface area contributed by atoms with Crippen molar-refractivity contribution in [3.8, 4) is 0 Å². The molecule has 7 heteroatoms. The van der Waals surface area contributed by atoms with Crippen molar-refractivity contribution in [2.45, 2.75) is 80.6 Å². The summed E-state index contributed by atoms with van der Waals surface area (Å²) in [5.41, 5.74) is 0. The second-order valence-electron chi connectivity index (χ2n) is 7.63. The molecule has 0 radical (unpaired) electrons. The molecule has 1 heterocycles. The van der Waals surface area contributed by atoms with Crippen LogP contribution in [0.2, 0.25) is 19.6 Å². The standard InChI is InChI=1S/C15H30O4S2Si/c1-14(2)17-12-10(16)8-15(20-3,21-4)9-11(13(12)18-14)19-22(5,6)7/h10-13,16H,8-9H2,1-7H3/t10-,11-,12-,13-/m1/s1. The summed E-state index contributed by atoms with van der Waals surface area (Å²) in [5.74, 6) is -0.657. The van der Waals surface area contributed by atoms with Crippen molar-refractivity contribution in [2.75, 3.05) is 12.5 Å². The highest BCUT2D eigenvalue weighted by atomic mass is 32.2. The van der Waals surface area contributed by atoms with Gasteiger partial charge in [-0.25, -0.2) is 0 Å². The second kappa shape index (κ2) is 6.58. The van der Waals surface area contributed by atoms with Gasteiger partial charge in [0.05, 0.1) is 16.3 Å². The Morgan fingerprint density at radius 1 is 1.05 bits per heavy atom. The summed E-state index contributed by atoms with van der Waals surface area (Å²) in [7, 11) is -1.72. The van der Waals surface area contributed by atoms with Crippen molar-refractivity contribution in [3.05, 3.63) is 0 Å². The molecule has 2 aliphatic rings. The lowest BCUT2D eigenvalue weighted by molar-refractivity contribution is -0.162. The monoisotopic (exact) mass is 366 g/mol. The lowest BCUT2D eigenvalue weighted by atomic mass is 10.1. The van der Waals surface area contributed by atoms with Crippen LogP contribution in [0.3, 0.4) is 0 Å². The van der Waals surface area contributed by atoms with E-state index < -0.39 is 20.2 Å². The van der Waals surface area contributed by atoms with Gasteiger partial charge in [0.1, 0.15) is 12.2 Å². The summed E-state index contributed by atoms with van der Waals surface area (Å²) in [6, 6.07) is 0. The maximum atomic E-state index is 10.7. The first-order chi connectivity index (χ1) is 10.0. The molecule has 0 bridgehead atoms. The highest BCUT2D eigenvalue weighted by Gasteiger charge is 2.55. The summed E-state index contributed by atoms with van der Waals surface area (Å²) >= 11 is 3.61. The van der Waals surface area contributed by atoms with Gasteiger partial charge in [-0.2, -0.15) is 0 Å². The van der Waals surface area contributed by atoms with Gasteiger partial charge in [0.2, 0.25) is 0 Å². The van der Waals surface area contributed by atoms with E-state index in [0.717, 1.165) is 6.42 Å². The summed E-state index contributed by atoms with van der Waals surface area (Å²) in [4.78, 5) is 0. The quantitative estimate of drug-likeness (QED) is 0.608. The Balaban J connectivity index is 2.33. The lowest BCUT2D eigenvalue weighted by Crippen LogP contribution is -2.45. The smallest absolute Gasteiger partial charge is 0.184 e. The van der Waals surface area contributed by atoms with Crippen molar-refractivity contribution in [1.82, 2.24) is 0 Å². The molecule has 2 fully saturated rings. The molecule has 1 saturated carbocycles. The van der Waals surface area contributed by atoms with Crippen LogP contribution in [0.5, 0.6) is 0 Å². The van der Waals surface area contributed by atoms with Crippen LogP contribution < -0.4 is 0 Å². The summed E-state index contributed by atoms with van der Waals surface area (Å²) in [6.07, 6.45) is 4.73. The SMILES string of the molecule is CSC1(SC)C[C@@H](O)[C@H]2OC(C)(C)O[C@@H]2[C@H](O[Si](C)(C)C)C1. The van der Waals surface area contributed by atoms with Crippen LogP contribution in [0.4, 0.5) is 0 Å². The molecule has 0 aromatic rings. The summed E-state index contributed by atoms with van der Waals surface area (Å²) in [5, 5.41) is 10.7. The minimum absolute atomic E-state index is 0.0320. The van der Waals surface area contributed by atoms with Crippen LogP contribution >= 0.6 is 23.5 Å². The normalized spacial score (nSPS) is 37.6. The van der Waals surface area contributed by atoms with Gasteiger partial charge >= 0.3 is 0 Å². The van der Waals surface area contributed by atoms with Gasteiger partial charge in [-0.15, -0.1) is 23.5 Å². The molecule has 1 N–H and O–H groups in total. The Morgan fingerprint density at radius 2 is 1.59 bits per heavy atom. The predicted molar refractivity (Wildman–Crippen MR) is 97.0 cm³/mol. The van der Waals surface area contributed by atoms with Crippen LogP contribution in [0.1, 0.15) is 26.7 Å². The molecule has 0 aromatic carbocycles.